The molecule has 0 spiro atoms. The fourth-order valence-corrected chi connectivity index (χ4v) is 0.338. The van der Waals surface area contributed by atoms with Gasteiger partial charge in [0.2, 0.25) is 0 Å². The lowest BCUT2D eigenvalue weighted by Gasteiger charge is -1.91. The fraction of sp³-hybridized carbons (Fsp3) is 0.333. The highest BCUT2D eigenvalue weighted by atomic mass is 16.5. The molecule has 6 nitrogen and oxygen atoms in total. The van der Waals surface area contributed by atoms with Gasteiger partial charge in [-0.05, 0) is 0 Å². The summed E-state index contributed by atoms with van der Waals surface area (Å²) in [7, 11) is 1.25. The lowest BCUT2D eigenvalue weighted by atomic mass is 11.0. The zero-order chi connectivity index (χ0) is 6.69. The normalized spacial score (nSPS) is 14.6. The average molecular weight is 128 g/mol. The van der Waals surface area contributed by atoms with Crippen LogP contribution in [0.25, 0.3) is 0 Å². The van der Waals surface area contributed by atoms with Gasteiger partial charge in [-0.1, -0.05) is 0 Å². The minimum absolute atomic E-state index is 0.597. The van der Waals surface area contributed by atoms with Gasteiger partial charge in [0.05, 0.1) is 7.11 Å². The molecular formula is C3H4N4O2+. The van der Waals surface area contributed by atoms with Gasteiger partial charge >= 0.3 is 6.09 Å². The van der Waals surface area contributed by atoms with E-state index in [2.05, 4.69) is 20.3 Å². The van der Waals surface area contributed by atoms with Crippen molar-refractivity contribution in [3.63, 3.8) is 0 Å². The maximum Gasteiger partial charge on any atom is 0.514 e. The number of carbonyl (C=O) groups excluding carboxylic acids is 1. The molecule has 1 aliphatic rings. The Morgan fingerprint density at radius 2 is 2.67 bits per heavy atom. The summed E-state index contributed by atoms with van der Waals surface area (Å²) < 4.78 is 4.28. The molecule has 0 aliphatic carbocycles. The molecule has 0 aromatic carbocycles. The predicted molar refractivity (Wildman–Crippen MR) is 27.3 cm³/mol. The third-order valence-corrected chi connectivity index (χ3v) is 0.711. The standard InChI is InChI=1S/C3H4N4O2/c1-9-3(8)7-2-4-5-6-7/h2H,1H3/q+1. The molecule has 1 heterocycles. The maximum atomic E-state index is 10.5. The molecule has 0 aromatic rings. The Morgan fingerprint density at radius 3 is 3.11 bits per heavy atom. The van der Waals surface area contributed by atoms with Gasteiger partial charge in [0.1, 0.15) is 5.22 Å². The molecule has 0 N–H and O–H groups in total. The molecule has 1 rings (SSSR count). The second-order valence-electron chi connectivity index (χ2n) is 1.22. The zero-order valence-electron chi connectivity index (χ0n) is 4.68. The summed E-state index contributed by atoms with van der Waals surface area (Å²) in [5.41, 5.74) is 0. The van der Waals surface area contributed by atoms with Crippen molar-refractivity contribution in [1.82, 2.24) is 10.1 Å². The van der Waals surface area contributed by atoms with Gasteiger partial charge in [0, 0.05) is 10.1 Å². The number of methoxy groups -OCH3 is 1. The molecule has 1 radical (unpaired) electrons. The minimum atomic E-state index is -0.597. The van der Waals surface area contributed by atoms with Crippen LogP contribution in [-0.4, -0.2) is 24.6 Å². The van der Waals surface area contributed by atoms with Crippen LogP contribution in [-0.2, 0) is 4.74 Å². The van der Waals surface area contributed by atoms with Gasteiger partial charge in [-0.25, -0.2) is 4.79 Å². The summed E-state index contributed by atoms with van der Waals surface area (Å²) in [5.74, 6) is 0. The number of ether oxygens (including phenoxy) is 1. The van der Waals surface area contributed by atoms with E-state index in [9.17, 15) is 4.79 Å². The number of carbonyl (C=O) groups is 1. The number of nitrogens with zero attached hydrogens (tertiary/aromatic N) is 4. The molecule has 0 unspecified atom stereocenters. The van der Waals surface area contributed by atoms with Crippen LogP contribution in [0.3, 0.4) is 0 Å². The van der Waals surface area contributed by atoms with Crippen LogP contribution < -0.4 is 5.10 Å². The summed E-state index contributed by atoms with van der Waals surface area (Å²) in [4.78, 5) is 10.5. The van der Waals surface area contributed by atoms with E-state index in [4.69, 9.17) is 0 Å². The number of rotatable bonds is 0. The van der Waals surface area contributed by atoms with Crippen LogP contribution in [0, 0.1) is 0 Å². The molecule has 0 saturated carbocycles. The van der Waals surface area contributed by atoms with Crippen molar-refractivity contribution in [2.24, 2.45) is 10.4 Å². The van der Waals surface area contributed by atoms with Gasteiger partial charge in [-0.15, -0.1) is 0 Å². The van der Waals surface area contributed by atoms with E-state index >= 15 is 0 Å². The van der Waals surface area contributed by atoms with Gasteiger partial charge < -0.3 is 4.74 Å². The molecule has 0 aromatic heterocycles. The first-order valence-corrected chi connectivity index (χ1v) is 2.16. The Morgan fingerprint density at radius 1 is 1.89 bits per heavy atom. The fourth-order valence-electron chi connectivity index (χ4n) is 0.338. The summed E-state index contributed by atoms with van der Waals surface area (Å²) >= 11 is 0. The average Bonchev–Trinajstić information content (AvgIpc) is 2.37. The first-order valence-electron chi connectivity index (χ1n) is 2.16. The minimum Gasteiger partial charge on any atom is -0.438 e. The van der Waals surface area contributed by atoms with Crippen molar-refractivity contribution in [3.8, 4) is 0 Å². The molecule has 0 fully saturated rings. The highest BCUT2D eigenvalue weighted by Gasteiger charge is 2.24. The second-order valence-corrected chi connectivity index (χ2v) is 1.22. The predicted octanol–water partition coefficient (Wildman–Crippen LogP) is -0.285. The summed E-state index contributed by atoms with van der Waals surface area (Å²) in [6.45, 7) is 0. The Bertz CT molecular complexity index is 163. The highest BCUT2D eigenvalue weighted by Crippen LogP contribution is 1.92. The Hall–Kier alpha value is -1.46. The quantitative estimate of drug-likeness (QED) is 0.450. The molecule has 6 heteroatoms. The third kappa shape index (κ3) is 1.01. The topological polar surface area (TPSA) is 68.4 Å². The van der Waals surface area contributed by atoms with Crippen molar-refractivity contribution in [2.75, 3.05) is 7.11 Å². The van der Waals surface area contributed by atoms with Gasteiger partial charge in [-0.2, -0.15) is 0 Å². The lowest BCUT2D eigenvalue weighted by molar-refractivity contribution is 0.147. The Balaban J connectivity index is 2.53. The molecule has 9 heavy (non-hydrogen) atoms. The van der Waals surface area contributed by atoms with Crippen LogP contribution in [0.15, 0.2) is 10.4 Å². The van der Waals surface area contributed by atoms with Crippen molar-refractivity contribution < 1.29 is 9.53 Å². The van der Waals surface area contributed by atoms with Crippen molar-refractivity contribution in [3.05, 3.63) is 0 Å². The van der Waals surface area contributed by atoms with E-state index in [1.54, 1.807) is 0 Å². The number of hydrogen-bond acceptors (Lipinski definition) is 5. The lowest BCUT2D eigenvalue weighted by Crippen LogP contribution is -2.21. The monoisotopic (exact) mass is 128 g/mol. The Kier molecular flexibility index (Phi) is 1.39. The van der Waals surface area contributed by atoms with Gasteiger partial charge in [-0.3, -0.25) is 0 Å². The molecule has 47 valence electrons. The molecule has 0 bridgehead atoms. The van der Waals surface area contributed by atoms with Crippen LogP contribution >= 0.6 is 0 Å². The van der Waals surface area contributed by atoms with E-state index in [0.29, 0.717) is 0 Å². The Labute approximate surface area is 50.8 Å². The molecule has 1 amide bonds. The van der Waals surface area contributed by atoms with Crippen LogP contribution in [0.1, 0.15) is 0 Å². The summed E-state index contributed by atoms with van der Waals surface area (Å²) in [6, 6.07) is 0. The van der Waals surface area contributed by atoms with Crippen LogP contribution in [0.4, 0.5) is 4.79 Å². The smallest absolute Gasteiger partial charge is 0.438 e. The van der Waals surface area contributed by atoms with E-state index in [1.165, 1.54) is 7.11 Å². The van der Waals surface area contributed by atoms with Crippen LogP contribution in [0.5, 0.6) is 0 Å². The van der Waals surface area contributed by atoms with E-state index in [-0.39, 0.29) is 0 Å². The third-order valence-electron chi connectivity index (χ3n) is 0.711. The molecule has 1 aliphatic heterocycles. The second kappa shape index (κ2) is 2.21. The summed E-state index contributed by atoms with van der Waals surface area (Å²) in [5, 5.41) is 10.6. The maximum absolute atomic E-state index is 10.5. The van der Waals surface area contributed by atoms with Crippen LogP contribution in [0.2, 0.25) is 0 Å². The number of hydrogen-bond donors (Lipinski definition) is 0. The van der Waals surface area contributed by atoms with E-state index in [0.717, 1.165) is 11.3 Å². The van der Waals surface area contributed by atoms with Crippen molar-refractivity contribution in [1.29, 1.82) is 0 Å². The van der Waals surface area contributed by atoms with Gasteiger partial charge in [0.25, 0.3) is 6.34 Å². The summed E-state index contributed by atoms with van der Waals surface area (Å²) in [6.07, 6.45) is 0.561. The van der Waals surface area contributed by atoms with Crippen molar-refractivity contribution >= 4 is 12.4 Å². The number of amides is 1. The SMILES string of the molecule is COC(=O)N1C=[N+]N=N1. The van der Waals surface area contributed by atoms with E-state index < -0.39 is 6.09 Å². The molecule has 0 atom stereocenters. The molecule has 0 saturated heterocycles. The highest BCUT2D eigenvalue weighted by molar-refractivity contribution is 5.81. The van der Waals surface area contributed by atoms with E-state index in [1.807, 2.05) is 0 Å². The first kappa shape index (κ1) is 5.67. The molecular weight excluding hydrogens is 124 g/mol. The zero-order valence-corrected chi connectivity index (χ0v) is 4.68. The van der Waals surface area contributed by atoms with Gasteiger partial charge in [0.15, 0.2) is 5.22 Å². The first-order chi connectivity index (χ1) is 4.34. The largest absolute Gasteiger partial charge is 0.514 e. The van der Waals surface area contributed by atoms with Crippen molar-refractivity contribution in [2.45, 2.75) is 0 Å².